The lowest BCUT2D eigenvalue weighted by Gasteiger charge is -2.14. The molecule has 1 heterocycles. The van der Waals surface area contributed by atoms with Crippen molar-refractivity contribution < 1.29 is 0 Å². The summed E-state index contributed by atoms with van der Waals surface area (Å²) in [5, 5.41) is 0. The van der Waals surface area contributed by atoms with Crippen molar-refractivity contribution in [3.63, 3.8) is 0 Å². The van der Waals surface area contributed by atoms with E-state index in [9.17, 15) is 14.4 Å². The first-order chi connectivity index (χ1) is 13.1. The summed E-state index contributed by atoms with van der Waals surface area (Å²) in [5.41, 5.74) is -1.55. The van der Waals surface area contributed by atoms with Crippen molar-refractivity contribution in [3.05, 3.63) is 31.5 Å². The molecule has 0 aliphatic heterocycles. The molecule has 6 nitrogen and oxygen atoms in total. The van der Waals surface area contributed by atoms with E-state index in [-0.39, 0.29) is 0 Å². The van der Waals surface area contributed by atoms with Gasteiger partial charge < -0.3 is 0 Å². The monoisotopic (exact) mass is 441 g/mol. The topological polar surface area (TPSA) is 66.0 Å². The predicted octanol–water partition coefficient (Wildman–Crippen LogP) is 3.40. The lowest BCUT2D eigenvalue weighted by Crippen LogP contribution is -2.54. The zero-order valence-corrected chi connectivity index (χ0v) is 18.1. The Balaban J connectivity index is 3.09. The standard InChI is InChI=1S/C18H30Cl3N3O3/c19-10-4-1-7-13-22-16(25)23(14-8-2-5-11-20)18(27)24(17(22)26)15-9-3-6-12-21/h1-15H2. The Labute approximate surface area is 175 Å². The Morgan fingerprint density at radius 2 is 0.704 bits per heavy atom. The lowest BCUT2D eigenvalue weighted by molar-refractivity contribution is 0.417. The van der Waals surface area contributed by atoms with Crippen molar-refractivity contribution >= 4 is 34.8 Å². The predicted molar refractivity (Wildman–Crippen MR) is 113 cm³/mol. The molecule has 0 atom stereocenters. The van der Waals surface area contributed by atoms with E-state index in [1.807, 2.05) is 0 Å². The van der Waals surface area contributed by atoms with Gasteiger partial charge in [-0.3, -0.25) is 0 Å². The van der Waals surface area contributed by atoms with Gasteiger partial charge in [-0.1, -0.05) is 19.3 Å². The summed E-state index contributed by atoms with van der Waals surface area (Å²) in [6.07, 6.45) is 7.04. The average Bonchev–Trinajstić information content (AvgIpc) is 2.66. The molecule has 27 heavy (non-hydrogen) atoms. The van der Waals surface area contributed by atoms with Crippen molar-refractivity contribution in [2.75, 3.05) is 17.6 Å². The van der Waals surface area contributed by atoms with Crippen LogP contribution in [0.4, 0.5) is 0 Å². The number of nitrogens with zero attached hydrogens (tertiary/aromatic N) is 3. The second-order valence-electron chi connectivity index (χ2n) is 6.55. The minimum absolute atomic E-state index is 0.304. The van der Waals surface area contributed by atoms with E-state index in [0.717, 1.165) is 38.5 Å². The van der Waals surface area contributed by atoms with Gasteiger partial charge in [0.05, 0.1) is 0 Å². The molecule has 0 radical (unpaired) electrons. The molecule has 1 aromatic heterocycles. The summed E-state index contributed by atoms with van der Waals surface area (Å²) in [4.78, 5) is 38.1. The lowest BCUT2D eigenvalue weighted by atomic mass is 10.2. The molecule has 1 aromatic rings. The fraction of sp³-hybridized carbons (Fsp3) is 0.833. The van der Waals surface area contributed by atoms with Crippen LogP contribution in [0.1, 0.15) is 57.8 Å². The first kappa shape index (κ1) is 24.3. The molecule has 0 saturated carbocycles. The summed E-state index contributed by atoms with van der Waals surface area (Å²) in [7, 11) is 0. The van der Waals surface area contributed by atoms with Crippen LogP contribution in [0.5, 0.6) is 0 Å². The summed E-state index contributed by atoms with van der Waals surface area (Å²) >= 11 is 17.1. The van der Waals surface area contributed by atoms with Crippen LogP contribution >= 0.6 is 34.8 Å². The number of aromatic nitrogens is 3. The second kappa shape index (κ2) is 14.3. The Bertz CT molecular complexity index is 587. The minimum atomic E-state index is -0.515. The molecule has 0 fully saturated rings. The maximum Gasteiger partial charge on any atom is 0.336 e. The van der Waals surface area contributed by atoms with Gasteiger partial charge in [0.1, 0.15) is 0 Å². The number of hydrogen-bond donors (Lipinski definition) is 0. The SMILES string of the molecule is O=c1n(CCCCCCl)c(=O)n(CCCCCCl)c(=O)n1CCCCCCl. The Morgan fingerprint density at radius 1 is 0.444 bits per heavy atom. The van der Waals surface area contributed by atoms with Crippen molar-refractivity contribution in [1.82, 2.24) is 13.7 Å². The van der Waals surface area contributed by atoms with Crippen LogP contribution < -0.4 is 17.1 Å². The zero-order valence-electron chi connectivity index (χ0n) is 15.8. The van der Waals surface area contributed by atoms with Gasteiger partial charge in [-0.25, -0.2) is 28.1 Å². The molecule has 0 bridgehead atoms. The summed E-state index contributed by atoms with van der Waals surface area (Å²) < 4.78 is 3.58. The highest BCUT2D eigenvalue weighted by Gasteiger charge is 2.15. The number of unbranched alkanes of at least 4 members (excludes halogenated alkanes) is 6. The third kappa shape index (κ3) is 8.04. The van der Waals surface area contributed by atoms with E-state index in [1.54, 1.807) is 0 Å². The molecule has 0 amide bonds. The van der Waals surface area contributed by atoms with Gasteiger partial charge in [0.25, 0.3) is 0 Å². The van der Waals surface area contributed by atoms with E-state index >= 15 is 0 Å². The molecule has 0 N–H and O–H groups in total. The molecule has 0 unspecified atom stereocenters. The van der Waals surface area contributed by atoms with Gasteiger partial charge in [0.15, 0.2) is 0 Å². The fourth-order valence-electron chi connectivity index (χ4n) is 2.88. The van der Waals surface area contributed by atoms with Crippen molar-refractivity contribution in [3.8, 4) is 0 Å². The molecule has 9 heteroatoms. The molecular formula is C18H30Cl3N3O3. The quantitative estimate of drug-likeness (QED) is 0.309. The maximum atomic E-state index is 12.7. The van der Waals surface area contributed by atoms with Crippen LogP contribution in [0.15, 0.2) is 14.4 Å². The molecule has 1 rings (SSSR count). The molecule has 0 aliphatic rings. The van der Waals surface area contributed by atoms with Crippen LogP contribution in [0.25, 0.3) is 0 Å². The summed E-state index contributed by atoms with van der Waals surface area (Å²) in [6, 6.07) is 0. The van der Waals surface area contributed by atoms with E-state index in [0.29, 0.717) is 56.5 Å². The largest absolute Gasteiger partial charge is 0.336 e. The highest BCUT2D eigenvalue weighted by molar-refractivity contribution is 6.18. The van der Waals surface area contributed by atoms with Gasteiger partial charge >= 0.3 is 17.1 Å². The second-order valence-corrected chi connectivity index (χ2v) is 7.69. The number of rotatable bonds is 15. The summed E-state index contributed by atoms with van der Waals surface area (Å²) in [6.45, 7) is 0.911. The van der Waals surface area contributed by atoms with Crippen LogP contribution in [-0.2, 0) is 19.6 Å². The normalized spacial score (nSPS) is 11.2. The third-order valence-electron chi connectivity index (χ3n) is 4.43. The molecule has 156 valence electrons. The highest BCUT2D eigenvalue weighted by atomic mass is 35.5. The first-order valence-electron chi connectivity index (χ1n) is 9.70. The van der Waals surface area contributed by atoms with E-state index in [4.69, 9.17) is 34.8 Å². The molecule has 0 spiro atoms. The van der Waals surface area contributed by atoms with Gasteiger partial charge in [0, 0.05) is 37.3 Å². The number of hydrogen-bond acceptors (Lipinski definition) is 3. The van der Waals surface area contributed by atoms with E-state index < -0.39 is 17.1 Å². The smallest absolute Gasteiger partial charge is 0.247 e. The fourth-order valence-corrected chi connectivity index (χ4v) is 3.45. The molecular weight excluding hydrogens is 413 g/mol. The first-order valence-corrected chi connectivity index (χ1v) is 11.3. The Morgan fingerprint density at radius 3 is 0.926 bits per heavy atom. The maximum absolute atomic E-state index is 12.7. The minimum Gasteiger partial charge on any atom is -0.247 e. The van der Waals surface area contributed by atoms with Crippen LogP contribution in [0.3, 0.4) is 0 Å². The summed E-state index contributed by atoms with van der Waals surface area (Å²) in [5.74, 6) is 1.67. The molecule has 0 saturated heterocycles. The van der Waals surface area contributed by atoms with E-state index in [2.05, 4.69) is 0 Å². The van der Waals surface area contributed by atoms with Crippen LogP contribution in [0, 0.1) is 0 Å². The molecule has 0 aliphatic carbocycles. The highest BCUT2D eigenvalue weighted by Crippen LogP contribution is 2.01. The number of alkyl halides is 3. The number of halogens is 3. The van der Waals surface area contributed by atoms with Crippen molar-refractivity contribution in [2.24, 2.45) is 0 Å². The van der Waals surface area contributed by atoms with Gasteiger partial charge in [0.2, 0.25) is 0 Å². The van der Waals surface area contributed by atoms with E-state index in [1.165, 1.54) is 13.7 Å². The van der Waals surface area contributed by atoms with Crippen molar-refractivity contribution in [2.45, 2.75) is 77.4 Å². The average molecular weight is 443 g/mol. The third-order valence-corrected chi connectivity index (χ3v) is 5.23. The Kier molecular flexibility index (Phi) is 12.9. The van der Waals surface area contributed by atoms with Crippen LogP contribution in [-0.4, -0.2) is 31.3 Å². The zero-order chi connectivity index (χ0) is 20.1. The van der Waals surface area contributed by atoms with Crippen molar-refractivity contribution in [1.29, 1.82) is 0 Å². The van der Waals surface area contributed by atoms with Crippen LogP contribution in [0.2, 0.25) is 0 Å². The Hall–Kier alpha value is -0.720. The molecule has 0 aromatic carbocycles. The van der Waals surface area contributed by atoms with Gasteiger partial charge in [-0.2, -0.15) is 0 Å². The van der Waals surface area contributed by atoms with Gasteiger partial charge in [-0.15, -0.1) is 34.8 Å². The van der Waals surface area contributed by atoms with Gasteiger partial charge in [-0.05, 0) is 38.5 Å².